The SMILES string of the molecule is CC(C)[C@@H](C)NNC1CCOCC1. The Balaban J connectivity index is 2.10. The van der Waals surface area contributed by atoms with Crippen LogP contribution in [0.25, 0.3) is 0 Å². The highest BCUT2D eigenvalue weighted by Gasteiger charge is 2.14. The quantitative estimate of drug-likeness (QED) is 0.649. The number of nitrogens with one attached hydrogen (secondary N) is 2. The van der Waals surface area contributed by atoms with Gasteiger partial charge in [-0.3, -0.25) is 10.9 Å². The van der Waals surface area contributed by atoms with Crippen molar-refractivity contribution in [2.45, 2.75) is 45.7 Å². The van der Waals surface area contributed by atoms with E-state index in [0.29, 0.717) is 18.0 Å². The molecular formula is C10H22N2O. The molecule has 78 valence electrons. The lowest BCUT2D eigenvalue weighted by Crippen LogP contribution is -2.49. The van der Waals surface area contributed by atoms with E-state index in [1.54, 1.807) is 0 Å². The van der Waals surface area contributed by atoms with Crippen molar-refractivity contribution in [2.75, 3.05) is 13.2 Å². The summed E-state index contributed by atoms with van der Waals surface area (Å²) in [6, 6.07) is 1.12. The Morgan fingerprint density at radius 2 is 1.77 bits per heavy atom. The lowest BCUT2D eigenvalue weighted by molar-refractivity contribution is 0.0721. The molecule has 0 radical (unpaired) electrons. The summed E-state index contributed by atoms with van der Waals surface area (Å²) in [4.78, 5) is 0. The van der Waals surface area contributed by atoms with Crippen molar-refractivity contribution >= 4 is 0 Å². The molecule has 0 aliphatic carbocycles. The van der Waals surface area contributed by atoms with Gasteiger partial charge in [0, 0.05) is 25.3 Å². The molecule has 2 N–H and O–H groups in total. The second kappa shape index (κ2) is 5.58. The van der Waals surface area contributed by atoms with Crippen LogP contribution in [-0.4, -0.2) is 25.3 Å². The van der Waals surface area contributed by atoms with Gasteiger partial charge in [0.05, 0.1) is 0 Å². The van der Waals surface area contributed by atoms with Gasteiger partial charge in [0.15, 0.2) is 0 Å². The average molecular weight is 186 g/mol. The van der Waals surface area contributed by atoms with Crippen molar-refractivity contribution in [3.63, 3.8) is 0 Å². The molecule has 0 aromatic heterocycles. The topological polar surface area (TPSA) is 33.3 Å². The Hall–Kier alpha value is -0.120. The Bertz CT molecular complexity index is 133. The Labute approximate surface area is 81.2 Å². The standard InChI is InChI=1S/C10H22N2O/c1-8(2)9(3)11-12-10-4-6-13-7-5-10/h8-12H,4-7H2,1-3H3/t9-/m1/s1. The van der Waals surface area contributed by atoms with Gasteiger partial charge in [-0.1, -0.05) is 13.8 Å². The van der Waals surface area contributed by atoms with Gasteiger partial charge >= 0.3 is 0 Å². The minimum atomic E-state index is 0.530. The highest BCUT2D eigenvalue weighted by Crippen LogP contribution is 2.06. The number of hydrogen-bond acceptors (Lipinski definition) is 3. The summed E-state index contributed by atoms with van der Waals surface area (Å²) >= 11 is 0. The third-order valence-electron chi connectivity index (χ3n) is 2.74. The van der Waals surface area contributed by atoms with Crippen LogP contribution < -0.4 is 10.9 Å². The van der Waals surface area contributed by atoms with Crippen LogP contribution in [0.1, 0.15) is 33.6 Å². The van der Waals surface area contributed by atoms with Crippen molar-refractivity contribution < 1.29 is 4.74 Å². The van der Waals surface area contributed by atoms with Crippen LogP contribution in [0.15, 0.2) is 0 Å². The van der Waals surface area contributed by atoms with Crippen LogP contribution in [-0.2, 0) is 4.74 Å². The summed E-state index contributed by atoms with van der Waals surface area (Å²) in [6.45, 7) is 8.45. The second-order valence-corrected chi connectivity index (χ2v) is 4.21. The van der Waals surface area contributed by atoms with E-state index in [-0.39, 0.29) is 0 Å². The van der Waals surface area contributed by atoms with Crippen molar-refractivity contribution in [3.05, 3.63) is 0 Å². The molecule has 3 heteroatoms. The normalized spacial score (nSPS) is 22.2. The minimum Gasteiger partial charge on any atom is -0.381 e. The zero-order valence-electron chi connectivity index (χ0n) is 8.97. The van der Waals surface area contributed by atoms with Gasteiger partial charge in [-0.2, -0.15) is 0 Å². The van der Waals surface area contributed by atoms with E-state index in [4.69, 9.17) is 4.74 Å². The Kier molecular flexibility index (Phi) is 4.70. The fraction of sp³-hybridized carbons (Fsp3) is 1.00. The molecule has 1 aliphatic heterocycles. The first kappa shape index (κ1) is 11.0. The van der Waals surface area contributed by atoms with Gasteiger partial charge in [0.1, 0.15) is 0 Å². The predicted octanol–water partition coefficient (Wildman–Crippen LogP) is 1.30. The van der Waals surface area contributed by atoms with Crippen LogP contribution in [0.3, 0.4) is 0 Å². The maximum Gasteiger partial charge on any atom is 0.0481 e. The smallest absolute Gasteiger partial charge is 0.0481 e. The van der Waals surface area contributed by atoms with Crippen LogP contribution in [0.4, 0.5) is 0 Å². The Morgan fingerprint density at radius 1 is 1.15 bits per heavy atom. The molecule has 1 heterocycles. The molecule has 1 saturated heterocycles. The zero-order chi connectivity index (χ0) is 9.68. The van der Waals surface area contributed by atoms with Crippen molar-refractivity contribution in [2.24, 2.45) is 5.92 Å². The summed E-state index contributed by atoms with van der Waals surface area (Å²) < 4.78 is 5.29. The summed E-state index contributed by atoms with van der Waals surface area (Å²) in [5, 5.41) is 0. The molecule has 0 amide bonds. The molecule has 1 fully saturated rings. The average Bonchev–Trinajstić information content (AvgIpc) is 2.15. The van der Waals surface area contributed by atoms with Gasteiger partial charge in [0.25, 0.3) is 0 Å². The fourth-order valence-electron chi connectivity index (χ4n) is 1.26. The van der Waals surface area contributed by atoms with Crippen LogP contribution in [0.2, 0.25) is 0 Å². The van der Waals surface area contributed by atoms with E-state index in [1.165, 1.54) is 0 Å². The van der Waals surface area contributed by atoms with E-state index in [0.717, 1.165) is 26.1 Å². The third kappa shape index (κ3) is 4.07. The number of ether oxygens (including phenoxy) is 1. The largest absolute Gasteiger partial charge is 0.381 e. The van der Waals surface area contributed by atoms with Gasteiger partial charge in [-0.25, -0.2) is 0 Å². The van der Waals surface area contributed by atoms with Gasteiger partial charge in [-0.15, -0.1) is 0 Å². The summed E-state index contributed by atoms with van der Waals surface area (Å²) in [7, 11) is 0. The molecule has 1 rings (SSSR count). The lowest BCUT2D eigenvalue weighted by atomic mass is 10.1. The molecular weight excluding hydrogens is 164 g/mol. The first-order chi connectivity index (χ1) is 6.20. The van der Waals surface area contributed by atoms with Gasteiger partial charge in [-0.05, 0) is 25.7 Å². The minimum absolute atomic E-state index is 0.530. The molecule has 3 nitrogen and oxygen atoms in total. The number of rotatable bonds is 4. The third-order valence-corrected chi connectivity index (χ3v) is 2.74. The molecule has 0 bridgehead atoms. The van der Waals surface area contributed by atoms with Gasteiger partial charge in [0.2, 0.25) is 0 Å². The summed E-state index contributed by atoms with van der Waals surface area (Å²) in [5.41, 5.74) is 6.72. The van der Waals surface area contributed by atoms with Crippen molar-refractivity contribution in [3.8, 4) is 0 Å². The first-order valence-electron chi connectivity index (χ1n) is 5.29. The second-order valence-electron chi connectivity index (χ2n) is 4.21. The molecule has 0 spiro atoms. The highest BCUT2D eigenvalue weighted by atomic mass is 16.5. The summed E-state index contributed by atoms with van der Waals surface area (Å²) in [6.07, 6.45) is 2.25. The molecule has 0 aromatic carbocycles. The summed E-state index contributed by atoms with van der Waals surface area (Å²) in [5.74, 6) is 0.673. The van der Waals surface area contributed by atoms with E-state index >= 15 is 0 Å². The Morgan fingerprint density at radius 3 is 2.31 bits per heavy atom. The predicted molar refractivity (Wildman–Crippen MR) is 54.4 cm³/mol. The van der Waals surface area contributed by atoms with Crippen molar-refractivity contribution in [1.82, 2.24) is 10.9 Å². The van der Waals surface area contributed by atoms with E-state index in [9.17, 15) is 0 Å². The zero-order valence-corrected chi connectivity index (χ0v) is 8.97. The highest BCUT2D eigenvalue weighted by molar-refractivity contribution is 4.70. The maximum atomic E-state index is 5.29. The maximum absolute atomic E-state index is 5.29. The van der Waals surface area contributed by atoms with Crippen LogP contribution in [0.5, 0.6) is 0 Å². The van der Waals surface area contributed by atoms with Gasteiger partial charge < -0.3 is 4.74 Å². The van der Waals surface area contributed by atoms with Crippen molar-refractivity contribution in [1.29, 1.82) is 0 Å². The van der Waals surface area contributed by atoms with Crippen LogP contribution >= 0.6 is 0 Å². The molecule has 0 saturated carbocycles. The fourth-order valence-corrected chi connectivity index (χ4v) is 1.26. The van der Waals surface area contributed by atoms with Crippen LogP contribution in [0, 0.1) is 5.92 Å². The molecule has 1 atom stereocenters. The van der Waals surface area contributed by atoms with E-state index in [2.05, 4.69) is 31.6 Å². The lowest BCUT2D eigenvalue weighted by Gasteiger charge is -2.26. The number of hydrogen-bond donors (Lipinski definition) is 2. The molecule has 1 aliphatic rings. The molecule has 13 heavy (non-hydrogen) atoms. The first-order valence-corrected chi connectivity index (χ1v) is 5.29. The monoisotopic (exact) mass is 186 g/mol. The molecule has 0 unspecified atom stereocenters. The van der Waals surface area contributed by atoms with E-state index < -0.39 is 0 Å². The number of hydrazine groups is 1. The molecule has 0 aromatic rings. The van der Waals surface area contributed by atoms with E-state index in [1.807, 2.05) is 0 Å².